The molecule has 0 aromatic heterocycles. The summed E-state index contributed by atoms with van der Waals surface area (Å²) < 4.78 is 11.8. The van der Waals surface area contributed by atoms with Crippen LogP contribution in [0.5, 0.6) is 11.5 Å². The number of rotatable bonds is 2. The molecule has 0 saturated carbocycles. The first kappa shape index (κ1) is 14.4. The number of nitrogens with zero attached hydrogens (tertiary/aromatic N) is 1. The molecule has 4 nitrogen and oxygen atoms in total. The molecule has 4 heteroatoms. The number of benzene rings is 1. The predicted molar refractivity (Wildman–Crippen MR) is 82.7 cm³/mol. The third-order valence-corrected chi connectivity index (χ3v) is 4.19. The van der Waals surface area contributed by atoms with Crippen molar-refractivity contribution in [3.8, 4) is 11.5 Å². The zero-order valence-electron chi connectivity index (χ0n) is 13.4. The van der Waals surface area contributed by atoms with Gasteiger partial charge in [0.1, 0.15) is 11.7 Å². The maximum atomic E-state index is 10.6. The van der Waals surface area contributed by atoms with Gasteiger partial charge in [-0.2, -0.15) is 0 Å². The van der Waals surface area contributed by atoms with Crippen LogP contribution in [-0.4, -0.2) is 29.1 Å². The van der Waals surface area contributed by atoms with Gasteiger partial charge in [-0.25, -0.2) is 0 Å². The predicted octanol–water partition coefficient (Wildman–Crippen LogP) is 3.04. The van der Waals surface area contributed by atoms with Crippen molar-refractivity contribution < 1.29 is 14.6 Å². The van der Waals surface area contributed by atoms with Crippen LogP contribution in [0.15, 0.2) is 11.1 Å². The molecule has 0 bridgehead atoms. The van der Waals surface area contributed by atoms with Crippen LogP contribution in [0.2, 0.25) is 0 Å². The Balaban J connectivity index is 2.20. The molecule has 2 aliphatic heterocycles. The number of aliphatic hydroxyl groups is 1. The molecule has 2 heterocycles. The molecule has 0 aliphatic carbocycles. The van der Waals surface area contributed by atoms with E-state index in [-0.39, 0.29) is 5.60 Å². The first-order valence-electron chi connectivity index (χ1n) is 7.50. The summed E-state index contributed by atoms with van der Waals surface area (Å²) in [4.78, 5) is 4.51. The Kier molecular flexibility index (Phi) is 3.06. The molecule has 0 saturated heterocycles. The first-order valence-corrected chi connectivity index (χ1v) is 7.50. The summed E-state index contributed by atoms with van der Waals surface area (Å²) in [5, 5.41) is 10.6. The second-order valence-electron chi connectivity index (χ2n) is 6.97. The van der Waals surface area contributed by atoms with Crippen LogP contribution < -0.4 is 9.47 Å². The highest BCUT2D eigenvalue weighted by molar-refractivity contribution is 5.88. The van der Waals surface area contributed by atoms with E-state index in [1.165, 1.54) is 0 Å². The first-order chi connectivity index (χ1) is 9.75. The minimum atomic E-state index is -0.634. The van der Waals surface area contributed by atoms with Crippen molar-refractivity contribution in [3.63, 3.8) is 0 Å². The third-order valence-electron chi connectivity index (χ3n) is 4.19. The van der Waals surface area contributed by atoms with E-state index < -0.39 is 11.6 Å². The Bertz CT molecular complexity index is 617. The Morgan fingerprint density at radius 1 is 1.38 bits per heavy atom. The van der Waals surface area contributed by atoms with Crippen LogP contribution in [0.25, 0.3) is 0 Å². The van der Waals surface area contributed by atoms with Gasteiger partial charge >= 0.3 is 0 Å². The van der Waals surface area contributed by atoms with Crippen molar-refractivity contribution in [1.29, 1.82) is 0 Å². The molecule has 1 atom stereocenters. The van der Waals surface area contributed by atoms with E-state index in [9.17, 15) is 5.11 Å². The monoisotopic (exact) mass is 289 g/mol. The molecule has 0 radical (unpaired) electrons. The minimum absolute atomic E-state index is 0.255. The SMILES string of the molecule is CCOc1cc2c(c3c1OC(C)(C)C3)C=NC(C)(C)C2O. The maximum absolute atomic E-state index is 10.6. The lowest BCUT2D eigenvalue weighted by molar-refractivity contribution is 0.103. The van der Waals surface area contributed by atoms with E-state index in [1.807, 2.05) is 33.1 Å². The van der Waals surface area contributed by atoms with Gasteiger partial charge in [0.2, 0.25) is 0 Å². The number of hydrogen-bond acceptors (Lipinski definition) is 4. The zero-order valence-corrected chi connectivity index (χ0v) is 13.4. The summed E-state index contributed by atoms with van der Waals surface area (Å²) in [7, 11) is 0. The third kappa shape index (κ3) is 2.22. The smallest absolute Gasteiger partial charge is 0.166 e. The Morgan fingerprint density at radius 3 is 2.76 bits per heavy atom. The summed E-state index contributed by atoms with van der Waals surface area (Å²) in [6, 6.07) is 1.91. The molecule has 1 aromatic rings. The van der Waals surface area contributed by atoms with Crippen molar-refractivity contribution in [2.24, 2.45) is 4.99 Å². The number of ether oxygens (including phenoxy) is 2. The number of aliphatic imine (C=N–C) groups is 1. The molecule has 0 fully saturated rings. The van der Waals surface area contributed by atoms with E-state index in [0.717, 1.165) is 34.6 Å². The van der Waals surface area contributed by atoms with E-state index in [2.05, 4.69) is 18.8 Å². The molecular formula is C17H23NO3. The highest BCUT2D eigenvalue weighted by atomic mass is 16.5. The maximum Gasteiger partial charge on any atom is 0.166 e. The molecule has 3 rings (SSSR count). The van der Waals surface area contributed by atoms with E-state index in [0.29, 0.717) is 6.61 Å². The molecule has 0 spiro atoms. The van der Waals surface area contributed by atoms with Gasteiger partial charge in [0.05, 0.1) is 12.1 Å². The normalized spacial score (nSPS) is 24.2. The van der Waals surface area contributed by atoms with Gasteiger partial charge in [0, 0.05) is 23.8 Å². The highest BCUT2D eigenvalue weighted by Gasteiger charge is 2.40. The van der Waals surface area contributed by atoms with Crippen molar-refractivity contribution in [2.75, 3.05) is 6.61 Å². The molecule has 1 aromatic carbocycles. The van der Waals surface area contributed by atoms with Crippen molar-refractivity contribution in [2.45, 2.75) is 58.3 Å². The molecule has 2 aliphatic rings. The average molecular weight is 289 g/mol. The van der Waals surface area contributed by atoms with Crippen LogP contribution in [0.4, 0.5) is 0 Å². The quantitative estimate of drug-likeness (QED) is 0.910. The topological polar surface area (TPSA) is 51.0 Å². The summed E-state index contributed by atoms with van der Waals surface area (Å²) in [6.07, 6.45) is 2.04. The zero-order chi connectivity index (χ0) is 15.4. The van der Waals surface area contributed by atoms with Gasteiger partial charge in [-0.3, -0.25) is 4.99 Å². The fraction of sp³-hybridized carbons (Fsp3) is 0.588. The molecular weight excluding hydrogens is 266 g/mol. The van der Waals surface area contributed by atoms with Crippen LogP contribution in [0.1, 0.15) is 57.4 Å². The van der Waals surface area contributed by atoms with Crippen LogP contribution >= 0.6 is 0 Å². The summed E-state index contributed by atoms with van der Waals surface area (Å²) >= 11 is 0. The summed E-state index contributed by atoms with van der Waals surface area (Å²) in [5.74, 6) is 1.53. The Morgan fingerprint density at radius 2 is 2.10 bits per heavy atom. The summed E-state index contributed by atoms with van der Waals surface area (Å²) in [6.45, 7) is 10.5. The van der Waals surface area contributed by atoms with Crippen molar-refractivity contribution in [1.82, 2.24) is 0 Å². The highest BCUT2D eigenvalue weighted by Crippen LogP contribution is 2.48. The van der Waals surface area contributed by atoms with Gasteiger partial charge in [-0.05, 0) is 46.2 Å². The van der Waals surface area contributed by atoms with Gasteiger partial charge in [0.25, 0.3) is 0 Å². The van der Waals surface area contributed by atoms with E-state index in [1.54, 1.807) is 0 Å². The standard InChI is InChI=1S/C17H23NO3/c1-6-20-13-7-10-12(9-18-17(4,5)15(10)19)11-8-16(2,3)21-14(11)13/h7,9,15,19H,6,8H2,1-5H3. The lowest BCUT2D eigenvalue weighted by Crippen LogP contribution is -2.31. The van der Waals surface area contributed by atoms with E-state index >= 15 is 0 Å². The second kappa shape index (κ2) is 4.47. The number of fused-ring (bicyclic) bond motifs is 3. The molecule has 0 amide bonds. The van der Waals surface area contributed by atoms with Gasteiger partial charge < -0.3 is 14.6 Å². The second-order valence-corrected chi connectivity index (χ2v) is 6.97. The van der Waals surface area contributed by atoms with E-state index in [4.69, 9.17) is 9.47 Å². The fourth-order valence-corrected chi connectivity index (χ4v) is 3.08. The average Bonchev–Trinajstić information content (AvgIpc) is 2.71. The minimum Gasteiger partial charge on any atom is -0.490 e. The van der Waals surface area contributed by atoms with Gasteiger partial charge in [-0.15, -0.1) is 0 Å². The van der Waals surface area contributed by atoms with Crippen molar-refractivity contribution >= 4 is 6.21 Å². The lowest BCUT2D eigenvalue weighted by Gasteiger charge is -2.32. The molecule has 114 valence electrons. The van der Waals surface area contributed by atoms with Crippen LogP contribution in [-0.2, 0) is 6.42 Å². The Labute approximate surface area is 125 Å². The Hall–Kier alpha value is -1.55. The summed E-state index contributed by atoms with van der Waals surface area (Å²) in [5.41, 5.74) is 2.21. The van der Waals surface area contributed by atoms with Crippen LogP contribution in [0.3, 0.4) is 0 Å². The lowest BCUT2D eigenvalue weighted by atomic mass is 9.83. The molecule has 1 unspecified atom stereocenters. The number of hydrogen-bond donors (Lipinski definition) is 1. The molecule has 1 N–H and O–H groups in total. The van der Waals surface area contributed by atoms with Crippen molar-refractivity contribution in [3.05, 3.63) is 22.8 Å². The van der Waals surface area contributed by atoms with Crippen LogP contribution in [0, 0.1) is 0 Å². The van der Waals surface area contributed by atoms with Gasteiger partial charge in [-0.1, -0.05) is 0 Å². The largest absolute Gasteiger partial charge is 0.490 e. The fourth-order valence-electron chi connectivity index (χ4n) is 3.08. The molecule has 21 heavy (non-hydrogen) atoms. The van der Waals surface area contributed by atoms with Gasteiger partial charge in [0.15, 0.2) is 11.5 Å². The number of aliphatic hydroxyl groups excluding tert-OH is 1.